The van der Waals surface area contributed by atoms with Gasteiger partial charge in [0.25, 0.3) is 0 Å². The molecule has 0 bridgehead atoms. The minimum absolute atomic E-state index is 0.0841. The predicted molar refractivity (Wildman–Crippen MR) is 76.2 cm³/mol. The molecule has 23 heavy (non-hydrogen) atoms. The van der Waals surface area contributed by atoms with Gasteiger partial charge in [0, 0.05) is 19.5 Å². The summed E-state index contributed by atoms with van der Waals surface area (Å²) in [7, 11) is 1.58. The van der Waals surface area contributed by atoms with E-state index in [1.807, 2.05) is 0 Å². The van der Waals surface area contributed by atoms with Crippen molar-refractivity contribution in [2.24, 2.45) is 5.92 Å². The van der Waals surface area contributed by atoms with Crippen molar-refractivity contribution in [3.05, 3.63) is 35.4 Å². The van der Waals surface area contributed by atoms with Crippen molar-refractivity contribution in [3.63, 3.8) is 0 Å². The van der Waals surface area contributed by atoms with E-state index in [1.165, 1.54) is 17.0 Å². The predicted octanol–water partition coefficient (Wildman–Crippen LogP) is 2.50. The Balaban J connectivity index is 1.84. The zero-order chi connectivity index (χ0) is 16.8. The van der Waals surface area contributed by atoms with Crippen LogP contribution in [0.1, 0.15) is 36.4 Å². The Labute approximate surface area is 131 Å². The number of halogens is 3. The van der Waals surface area contributed by atoms with E-state index in [0.29, 0.717) is 5.56 Å². The van der Waals surface area contributed by atoms with E-state index in [1.54, 1.807) is 7.05 Å². The number of benzene rings is 1. The Morgan fingerprint density at radius 3 is 2.35 bits per heavy atom. The lowest BCUT2D eigenvalue weighted by Gasteiger charge is -2.25. The monoisotopic (exact) mass is 326 g/mol. The van der Waals surface area contributed by atoms with E-state index in [9.17, 15) is 22.8 Å². The van der Waals surface area contributed by atoms with Gasteiger partial charge < -0.3 is 10.2 Å². The van der Waals surface area contributed by atoms with E-state index in [0.717, 1.165) is 25.0 Å². The molecule has 2 atom stereocenters. The SMILES string of the molecule is CN1C(=O)C[C@@H](C(=O)NC2CC2)[C@H]1c1ccc(C(F)(F)F)cc1. The van der Waals surface area contributed by atoms with Gasteiger partial charge in [0.15, 0.2) is 0 Å². The molecule has 0 spiro atoms. The lowest BCUT2D eigenvalue weighted by atomic mass is 9.92. The Bertz CT molecular complexity index is 623. The van der Waals surface area contributed by atoms with Crippen LogP contribution in [0.15, 0.2) is 24.3 Å². The summed E-state index contributed by atoms with van der Waals surface area (Å²) < 4.78 is 38.0. The number of hydrogen-bond acceptors (Lipinski definition) is 2. The third-order valence-electron chi connectivity index (χ3n) is 4.43. The van der Waals surface area contributed by atoms with Crippen molar-refractivity contribution in [2.45, 2.75) is 37.5 Å². The van der Waals surface area contributed by atoms with Crippen molar-refractivity contribution in [2.75, 3.05) is 7.05 Å². The summed E-state index contributed by atoms with van der Waals surface area (Å²) in [6, 6.07) is 4.32. The van der Waals surface area contributed by atoms with E-state index in [4.69, 9.17) is 0 Å². The normalized spacial score (nSPS) is 24.9. The minimum Gasteiger partial charge on any atom is -0.353 e. The maximum absolute atomic E-state index is 12.7. The zero-order valence-corrected chi connectivity index (χ0v) is 12.6. The molecule has 1 saturated carbocycles. The van der Waals surface area contributed by atoms with Crippen molar-refractivity contribution in [3.8, 4) is 0 Å². The molecular weight excluding hydrogens is 309 g/mol. The fourth-order valence-corrected chi connectivity index (χ4v) is 2.97. The van der Waals surface area contributed by atoms with Gasteiger partial charge in [0.2, 0.25) is 11.8 Å². The van der Waals surface area contributed by atoms with Crippen molar-refractivity contribution < 1.29 is 22.8 Å². The Kier molecular flexibility index (Phi) is 3.82. The van der Waals surface area contributed by atoms with Crippen LogP contribution in [0.2, 0.25) is 0 Å². The maximum Gasteiger partial charge on any atom is 0.416 e. The fraction of sp³-hybridized carbons (Fsp3) is 0.500. The number of nitrogens with one attached hydrogen (secondary N) is 1. The Morgan fingerprint density at radius 2 is 1.83 bits per heavy atom. The van der Waals surface area contributed by atoms with Gasteiger partial charge in [-0.3, -0.25) is 9.59 Å². The molecule has 3 rings (SSSR count). The van der Waals surface area contributed by atoms with Gasteiger partial charge in [-0.2, -0.15) is 13.2 Å². The van der Waals surface area contributed by atoms with Crippen LogP contribution in [-0.4, -0.2) is 29.8 Å². The van der Waals surface area contributed by atoms with Gasteiger partial charge in [-0.05, 0) is 30.5 Å². The summed E-state index contributed by atoms with van der Waals surface area (Å²) in [4.78, 5) is 25.7. The van der Waals surface area contributed by atoms with Gasteiger partial charge in [-0.25, -0.2) is 0 Å². The van der Waals surface area contributed by atoms with Gasteiger partial charge in [-0.15, -0.1) is 0 Å². The molecule has 1 aromatic carbocycles. The smallest absolute Gasteiger partial charge is 0.353 e. The van der Waals surface area contributed by atoms with Crippen LogP contribution in [0, 0.1) is 5.92 Å². The van der Waals surface area contributed by atoms with Gasteiger partial charge in [0.1, 0.15) is 0 Å². The number of carbonyl (C=O) groups excluding carboxylic acids is 2. The lowest BCUT2D eigenvalue weighted by Crippen LogP contribution is -2.35. The molecule has 0 radical (unpaired) electrons. The minimum atomic E-state index is -4.40. The molecule has 1 aliphatic heterocycles. The summed E-state index contributed by atoms with van der Waals surface area (Å²) in [6.45, 7) is 0. The van der Waals surface area contributed by atoms with Gasteiger partial charge in [0.05, 0.1) is 17.5 Å². The molecule has 1 saturated heterocycles. The van der Waals surface area contributed by atoms with Crippen LogP contribution in [0.3, 0.4) is 0 Å². The van der Waals surface area contributed by atoms with E-state index < -0.39 is 23.7 Å². The first-order valence-corrected chi connectivity index (χ1v) is 7.50. The molecule has 7 heteroatoms. The van der Waals surface area contributed by atoms with Crippen LogP contribution in [0.25, 0.3) is 0 Å². The topological polar surface area (TPSA) is 49.4 Å². The van der Waals surface area contributed by atoms with E-state index >= 15 is 0 Å². The molecule has 2 fully saturated rings. The van der Waals surface area contributed by atoms with Crippen molar-refractivity contribution >= 4 is 11.8 Å². The Morgan fingerprint density at radius 1 is 1.22 bits per heavy atom. The summed E-state index contributed by atoms with van der Waals surface area (Å²) in [5.41, 5.74) is -0.200. The molecule has 2 aliphatic rings. The second kappa shape index (κ2) is 5.54. The molecule has 1 aromatic rings. The maximum atomic E-state index is 12.7. The average Bonchev–Trinajstić information content (AvgIpc) is 3.24. The van der Waals surface area contributed by atoms with E-state index in [-0.39, 0.29) is 24.3 Å². The van der Waals surface area contributed by atoms with Crippen LogP contribution in [0.5, 0.6) is 0 Å². The summed E-state index contributed by atoms with van der Waals surface area (Å²) >= 11 is 0. The quantitative estimate of drug-likeness (QED) is 0.928. The number of amides is 2. The molecule has 124 valence electrons. The number of carbonyl (C=O) groups is 2. The first-order chi connectivity index (χ1) is 10.8. The van der Waals surface area contributed by atoms with Crippen molar-refractivity contribution in [1.82, 2.24) is 10.2 Å². The summed E-state index contributed by atoms with van der Waals surface area (Å²) in [5.74, 6) is -0.939. The highest BCUT2D eigenvalue weighted by Gasteiger charge is 2.44. The molecule has 1 N–H and O–H groups in total. The molecule has 4 nitrogen and oxygen atoms in total. The van der Waals surface area contributed by atoms with E-state index in [2.05, 4.69) is 5.32 Å². The molecular formula is C16H17F3N2O2. The molecule has 1 aliphatic carbocycles. The molecule has 1 heterocycles. The summed E-state index contributed by atoms with van der Waals surface area (Å²) in [5, 5.41) is 2.87. The number of nitrogens with zero attached hydrogens (tertiary/aromatic N) is 1. The first kappa shape index (κ1) is 15.8. The highest BCUT2D eigenvalue weighted by atomic mass is 19.4. The lowest BCUT2D eigenvalue weighted by molar-refractivity contribution is -0.137. The van der Waals surface area contributed by atoms with Crippen LogP contribution in [0.4, 0.5) is 13.2 Å². The zero-order valence-electron chi connectivity index (χ0n) is 12.6. The second-order valence-electron chi connectivity index (χ2n) is 6.16. The number of hydrogen-bond donors (Lipinski definition) is 1. The van der Waals surface area contributed by atoms with Crippen LogP contribution in [-0.2, 0) is 15.8 Å². The largest absolute Gasteiger partial charge is 0.416 e. The number of rotatable bonds is 3. The van der Waals surface area contributed by atoms with Crippen LogP contribution < -0.4 is 5.32 Å². The molecule has 2 amide bonds. The number of alkyl halides is 3. The Hall–Kier alpha value is -2.05. The molecule has 0 aromatic heterocycles. The second-order valence-corrected chi connectivity index (χ2v) is 6.16. The first-order valence-electron chi connectivity index (χ1n) is 7.50. The molecule has 0 unspecified atom stereocenters. The highest BCUT2D eigenvalue weighted by Crippen LogP contribution is 2.39. The fourth-order valence-electron chi connectivity index (χ4n) is 2.97. The highest BCUT2D eigenvalue weighted by molar-refractivity contribution is 5.90. The third kappa shape index (κ3) is 3.18. The average molecular weight is 326 g/mol. The summed E-state index contributed by atoms with van der Waals surface area (Å²) in [6.07, 6.45) is -2.44. The van der Waals surface area contributed by atoms with Gasteiger partial charge >= 0.3 is 6.18 Å². The van der Waals surface area contributed by atoms with Gasteiger partial charge in [-0.1, -0.05) is 12.1 Å². The van der Waals surface area contributed by atoms with Crippen molar-refractivity contribution in [1.29, 1.82) is 0 Å². The van der Waals surface area contributed by atoms with Crippen LogP contribution >= 0.6 is 0 Å². The number of likely N-dealkylation sites (tertiary alicyclic amines) is 1. The standard InChI is InChI=1S/C16H17F3N2O2/c1-21-13(22)8-12(15(23)20-11-6-7-11)14(21)9-2-4-10(5-3-9)16(17,18)19/h2-5,11-12,14H,6-8H2,1H3,(H,20,23)/t12-,14-/m1/s1. The third-order valence-corrected chi connectivity index (χ3v) is 4.43.